The molecular weight excluding hydrogens is 200 g/mol. The van der Waals surface area contributed by atoms with Gasteiger partial charge in [-0.25, -0.2) is 0 Å². The molecule has 1 N–H and O–H groups in total. The zero-order valence-corrected chi connectivity index (χ0v) is 11.2. The van der Waals surface area contributed by atoms with Crippen molar-refractivity contribution in [3.63, 3.8) is 0 Å². The Morgan fingerprint density at radius 1 is 1.19 bits per heavy atom. The molecule has 0 aromatic heterocycles. The van der Waals surface area contributed by atoms with E-state index in [1.165, 1.54) is 12.8 Å². The third-order valence-corrected chi connectivity index (χ3v) is 3.20. The van der Waals surface area contributed by atoms with Crippen LogP contribution in [-0.2, 0) is 4.74 Å². The monoisotopic (exact) mass is 228 g/mol. The lowest BCUT2D eigenvalue weighted by Crippen LogP contribution is -2.42. The maximum absolute atomic E-state index is 5.37. The second kappa shape index (κ2) is 8.04. The minimum absolute atomic E-state index is 0.713. The number of hydrogen-bond donors (Lipinski definition) is 1. The van der Waals surface area contributed by atoms with Crippen molar-refractivity contribution in [2.24, 2.45) is 5.92 Å². The number of nitrogens with one attached hydrogen (secondary N) is 1. The van der Waals surface area contributed by atoms with Gasteiger partial charge in [-0.05, 0) is 38.8 Å². The molecule has 3 nitrogen and oxygen atoms in total. The first kappa shape index (κ1) is 13.9. The predicted octanol–water partition coefficient (Wildman–Crippen LogP) is 1.73. The molecular formula is C13H28N2O. The van der Waals surface area contributed by atoms with Crippen molar-refractivity contribution in [1.29, 1.82) is 0 Å². The minimum atomic E-state index is 0.713. The van der Waals surface area contributed by atoms with Crippen LogP contribution < -0.4 is 5.32 Å². The summed E-state index contributed by atoms with van der Waals surface area (Å²) in [6.07, 6.45) is 2.58. The Morgan fingerprint density at radius 3 is 2.50 bits per heavy atom. The highest BCUT2D eigenvalue weighted by Crippen LogP contribution is 2.08. The van der Waals surface area contributed by atoms with Gasteiger partial charge in [0.2, 0.25) is 0 Å². The highest BCUT2D eigenvalue weighted by Gasteiger charge is 2.16. The lowest BCUT2D eigenvalue weighted by molar-refractivity contribution is 0.0183. The highest BCUT2D eigenvalue weighted by molar-refractivity contribution is 4.70. The maximum Gasteiger partial charge on any atom is 0.0594 e. The molecule has 0 bridgehead atoms. The van der Waals surface area contributed by atoms with Crippen LogP contribution in [0.5, 0.6) is 0 Å². The van der Waals surface area contributed by atoms with Crippen LogP contribution in [0, 0.1) is 5.92 Å². The topological polar surface area (TPSA) is 24.5 Å². The number of morpholine rings is 1. The molecule has 0 amide bonds. The van der Waals surface area contributed by atoms with Crippen LogP contribution in [0.25, 0.3) is 0 Å². The summed E-state index contributed by atoms with van der Waals surface area (Å²) in [5.41, 5.74) is 0. The molecule has 1 aliphatic rings. The smallest absolute Gasteiger partial charge is 0.0594 e. The first-order chi connectivity index (χ1) is 7.70. The van der Waals surface area contributed by atoms with Crippen LogP contribution in [0.2, 0.25) is 0 Å². The zero-order chi connectivity index (χ0) is 11.8. The lowest BCUT2D eigenvalue weighted by Gasteiger charge is -2.32. The Kier molecular flexibility index (Phi) is 7.01. The van der Waals surface area contributed by atoms with E-state index in [1.54, 1.807) is 0 Å². The third-order valence-electron chi connectivity index (χ3n) is 3.20. The zero-order valence-electron chi connectivity index (χ0n) is 11.2. The van der Waals surface area contributed by atoms with E-state index in [0.717, 1.165) is 45.3 Å². The van der Waals surface area contributed by atoms with Crippen LogP contribution >= 0.6 is 0 Å². The molecule has 16 heavy (non-hydrogen) atoms. The van der Waals surface area contributed by atoms with E-state index in [2.05, 4.69) is 31.0 Å². The van der Waals surface area contributed by atoms with Crippen LogP contribution in [0.1, 0.15) is 33.6 Å². The van der Waals surface area contributed by atoms with E-state index in [-0.39, 0.29) is 0 Å². The molecule has 1 aliphatic heterocycles. The summed E-state index contributed by atoms with van der Waals surface area (Å²) in [6, 6.07) is 0.713. The quantitative estimate of drug-likeness (QED) is 0.672. The standard InChI is InChI=1S/C13H28N2O/c1-12(2)11-14-6-4-5-13(3)15-7-9-16-10-8-15/h12-14H,4-11H2,1-3H3. The summed E-state index contributed by atoms with van der Waals surface area (Å²) in [4.78, 5) is 2.55. The molecule has 1 fully saturated rings. The van der Waals surface area contributed by atoms with Gasteiger partial charge in [0.25, 0.3) is 0 Å². The fraction of sp³-hybridized carbons (Fsp3) is 1.00. The first-order valence-corrected chi connectivity index (χ1v) is 6.72. The molecule has 1 heterocycles. The Labute approximate surface area is 101 Å². The second-order valence-corrected chi connectivity index (χ2v) is 5.24. The molecule has 0 aliphatic carbocycles. The van der Waals surface area contributed by atoms with Gasteiger partial charge in [0, 0.05) is 19.1 Å². The van der Waals surface area contributed by atoms with E-state index < -0.39 is 0 Å². The van der Waals surface area contributed by atoms with Gasteiger partial charge in [0.15, 0.2) is 0 Å². The average molecular weight is 228 g/mol. The largest absolute Gasteiger partial charge is 0.379 e. The Morgan fingerprint density at radius 2 is 1.88 bits per heavy atom. The second-order valence-electron chi connectivity index (χ2n) is 5.24. The molecule has 1 unspecified atom stereocenters. The summed E-state index contributed by atoms with van der Waals surface area (Å²) < 4.78 is 5.37. The molecule has 96 valence electrons. The Bertz CT molecular complexity index is 167. The van der Waals surface area contributed by atoms with E-state index in [1.807, 2.05) is 0 Å². The summed E-state index contributed by atoms with van der Waals surface area (Å²) >= 11 is 0. The number of nitrogens with zero attached hydrogens (tertiary/aromatic N) is 1. The van der Waals surface area contributed by atoms with E-state index in [0.29, 0.717) is 6.04 Å². The molecule has 0 spiro atoms. The summed E-state index contributed by atoms with van der Waals surface area (Å²) in [7, 11) is 0. The van der Waals surface area contributed by atoms with Gasteiger partial charge in [0.05, 0.1) is 13.2 Å². The normalized spacial score (nSPS) is 20.2. The van der Waals surface area contributed by atoms with Gasteiger partial charge >= 0.3 is 0 Å². The molecule has 0 radical (unpaired) electrons. The molecule has 3 heteroatoms. The SMILES string of the molecule is CC(C)CNCCCC(C)N1CCOCC1. The third kappa shape index (κ3) is 5.83. The molecule has 0 saturated carbocycles. The van der Waals surface area contributed by atoms with Gasteiger partial charge in [-0.3, -0.25) is 4.90 Å². The van der Waals surface area contributed by atoms with Crippen LogP contribution in [-0.4, -0.2) is 50.3 Å². The summed E-state index contributed by atoms with van der Waals surface area (Å²) in [5.74, 6) is 0.761. The van der Waals surface area contributed by atoms with Crippen molar-refractivity contribution in [3.8, 4) is 0 Å². The van der Waals surface area contributed by atoms with Crippen molar-refractivity contribution in [2.45, 2.75) is 39.7 Å². The van der Waals surface area contributed by atoms with Gasteiger partial charge in [0.1, 0.15) is 0 Å². The van der Waals surface area contributed by atoms with Crippen LogP contribution in [0.3, 0.4) is 0 Å². The predicted molar refractivity (Wildman–Crippen MR) is 68.8 cm³/mol. The Balaban J connectivity index is 1.98. The van der Waals surface area contributed by atoms with E-state index >= 15 is 0 Å². The Hall–Kier alpha value is -0.120. The fourth-order valence-electron chi connectivity index (χ4n) is 2.11. The average Bonchev–Trinajstić information content (AvgIpc) is 2.29. The number of ether oxygens (including phenoxy) is 1. The number of hydrogen-bond acceptors (Lipinski definition) is 3. The minimum Gasteiger partial charge on any atom is -0.379 e. The van der Waals surface area contributed by atoms with Gasteiger partial charge in [-0.1, -0.05) is 13.8 Å². The van der Waals surface area contributed by atoms with Gasteiger partial charge in [-0.15, -0.1) is 0 Å². The first-order valence-electron chi connectivity index (χ1n) is 6.72. The highest BCUT2D eigenvalue weighted by atomic mass is 16.5. The van der Waals surface area contributed by atoms with Crippen molar-refractivity contribution in [2.75, 3.05) is 39.4 Å². The van der Waals surface area contributed by atoms with Crippen LogP contribution in [0.15, 0.2) is 0 Å². The van der Waals surface area contributed by atoms with Crippen LogP contribution in [0.4, 0.5) is 0 Å². The van der Waals surface area contributed by atoms with E-state index in [9.17, 15) is 0 Å². The lowest BCUT2D eigenvalue weighted by atomic mass is 10.1. The maximum atomic E-state index is 5.37. The van der Waals surface area contributed by atoms with Crippen molar-refractivity contribution in [1.82, 2.24) is 10.2 Å². The van der Waals surface area contributed by atoms with Crippen molar-refractivity contribution >= 4 is 0 Å². The van der Waals surface area contributed by atoms with Gasteiger partial charge in [-0.2, -0.15) is 0 Å². The molecule has 0 aromatic carbocycles. The number of rotatable bonds is 7. The summed E-state index contributed by atoms with van der Waals surface area (Å²) in [6.45, 7) is 13.2. The molecule has 1 rings (SSSR count). The molecule has 1 saturated heterocycles. The van der Waals surface area contributed by atoms with Crippen molar-refractivity contribution < 1.29 is 4.74 Å². The van der Waals surface area contributed by atoms with Crippen molar-refractivity contribution in [3.05, 3.63) is 0 Å². The van der Waals surface area contributed by atoms with E-state index in [4.69, 9.17) is 4.74 Å². The molecule has 0 aromatic rings. The fourth-order valence-corrected chi connectivity index (χ4v) is 2.11. The summed E-state index contributed by atoms with van der Waals surface area (Å²) in [5, 5.41) is 3.50. The van der Waals surface area contributed by atoms with Gasteiger partial charge < -0.3 is 10.1 Å². The molecule has 1 atom stereocenters.